The van der Waals surface area contributed by atoms with Crippen molar-refractivity contribution in [3.63, 3.8) is 0 Å². The summed E-state index contributed by atoms with van der Waals surface area (Å²) < 4.78 is 6.35. The number of carbonyl (C=O) groups excluding carboxylic acids is 1. The second-order valence-corrected chi connectivity index (χ2v) is 7.07. The van der Waals surface area contributed by atoms with E-state index in [4.69, 9.17) is 16.3 Å². The first-order chi connectivity index (χ1) is 11.7. The van der Waals surface area contributed by atoms with Crippen molar-refractivity contribution < 1.29 is 9.53 Å². The van der Waals surface area contributed by atoms with Crippen LogP contribution in [0.15, 0.2) is 48.5 Å². The molecule has 4 heteroatoms. The third-order valence-electron chi connectivity index (χ3n) is 5.22. The van der Waals surface area contributed by atoms with E-state index in [0.29, 0.717) is 23.7 Å². The quantitative estimate of drug-likeness (QED) is 0.772. The summed E-state index contributed by atoms with van der Waals surface area (Å²) in [6.45, 7) is 1.43. The van der Waals surface area contributed by atoms with Gasteiger partial charge in [0.05, 0.1) is 10.6 Å². The fourth-order valence-corrected chi connectivity index (χ4v) is 3.95. The molecule has 0 unspecified atom stereocenters. The van der Waals surface area contributed by atoms with E-state index in [1.54, 1.807) is 12.1 Å². The molecule has 2 aliphatic heterocycles. The molecule has 4 rings (SSSR count). The summed E-state index contributed by atoms with van der Waals surface area (Å²) in [7, 11) is 0. The minimum Gasteiger partial charge on any atom is -0.487 e. The SMILES string of the molecule is O=C(c1ccccc1Cl)N1CCC2(CCc3ccccc3O2)CC1. The summed E-state index contributed by atoms with van der Waals surface area (Å²) in [5.41, 5.74) is 1.76. The summed E-state index contributed by atoms with van der Waals surface area (Å²) in [6.07, 6.45) is 3.82. The van der Waals surface area contributed by atoms with Crippen LogP contribution < -0.4 is 4.74 Å². The topological polar surface area (TPSA) is 29.5 Å². The summed E-state index contributed by atoms with van der Waals surface area (Å²) in [5.74, 6) is 1.03. The Morgan fingerprint density at radius 3 is 2.50 bits per heavy atom. The van der Waals surface area contributed by atoms with Crippen LogP contribution in [0, 0.1) is 0 Å². The number of likely N-dealkylation sites (tertiary alicyclic amines) is 1. The molecule has 2 aromatic carbocycles. The summed E-state index contributed by atoms with van der Waals surface area (Å²) in [5, 5.41) is 0.519. The monoisotopic (exact) mass is 341 g/mol. The van der Waals surface area contributed by atoms with Crippen LogP contribution in [0.2, 0.25) is 5.02 Å². The van der Waals surface area contributed by atoms with Crippen molar-refractivity contribution in [2.24, 2.45) is 0 Å². The molecule has 0 saturated carbocycles. The number of rotatable bonds is 1. The van der Waals surface area contributed by atoms with E-state index in [1.165, 1.54) is 5.56 Å². The van der Waals surface area contributed by atoms with Crippen molar-refractivity contribution >= 4 is 17.5 Å². The van der Waals surface area contributed by atoms with E-state index < -0.39 is 0 Å². The van der Waals surface area contributed by atoms with Crippen molar-refractivity contribution in [1.29, 1.82) is 0 Å². The van der Waals surface area contributed by atoms with Crippen LogP contribution in [0.3, 0.4) is 0 Å². The van der Waals surface area contributed by atoms with Gasteiger partial charge in [-0.25, -0.2) is 0 Å². The van der Waals surface area contributed by atoms with E-state index in [9.17, 15) is 4.79 Å². The molecule has 2 aromatic rings. The van der Waals surface area contributed by atoms with E-state index in [2.05, 4.69) is 18.2 Å². The first-order valence-electron chi connectivity index (χ1n) is 8.48. The number of halogens is 1. The van der Waals surface area contributed by atoms with Crippen LogP contribution in [-0.4, -0.2) is 29.5 Å². The largest absolute Gasteiger partial charge is 0.487 e. The number of carbonyl (C=O) groups is 1. The Bertz CT molecular complexity index is 766. The molecule has 0 atom stereocenters. The molecular formula is C20H20ClNO2. The maximum Gasteiger partial charge on any atom is 0.255 e. The van der Waals surface area contributed by atoms with Gasteiger partial charge < -0.3 is 9.64 Å². The summed E-state index contributed by atoms with van der Waals surface area (Å²) in [4.78, 5) is 14.6. The average molecular weight is 342 g/mol. The standard InChI is InChI=1S/C20H20ClNO2/c21-17-7-3-2-6-16(17)19(23)22-13-11-20(12-14-22)10-9-15-5-1-4-8-18(15)24-20/h1-8H,9-14H2. The van der Waals surface area contributed by atoms with Crippen LogP contribution in [-0.2, 0) is 6.42 Å². The Balaban J connectivity index is 1.46. The first kappa shape index (κ1) is 15.5. The highest BCUT2D eigenvalue weighted by molar-refractivity contribution is 6.33. The molecule has 1 amide bonds. The van der Waals surface area contributed by atoms with E-state index >= 15 is 0 Å². The molecular weight excluding hydrogens is 322 g/mol. The number of piperidine rings is 1. The van der Waals surface area contributed by atoms with Gasteiger partial charge in [-0.05, 0) is 36.6 Å². The van der Waals surface area contributed by atoms with Crippen LogP contribution >= 0.6 is 11.6 Å². The highest BCUT2D eigenvalue weighted by Crippen LogP contribution is 2.39. The third-order valence-corrected chi connectivity index (χ3v) is 5.54. The van der Waals surface area contributed by atoms with Crippen LogP contribution in [0.5, 0.6) is 5.75 Å². The van der Waals surface area contributed by atoms with Crippen molar-refractivity contribution in [1.82, 2.24) is 4.90 Å². The molecule has 1 spiro atoms. The summed E-state index contributed by atoms with van der Waals surface area (Å²) >= 11 is 6.16. The fourth-order valence-electron chi connectivity index (χ4n) is 3.73. The van der Waals surface area contributed by atoms with Gasteiger partial charge in [0, 0.05) is 25.9 Å². The number of hydrogen-bond acceptors (Lipinski definition) is 2. The smallest absolute Gasteiger partial charge is 0.255 e. The molecule has 0 radical (unpaired) electrons. The lowest BCUT2D eigenvalue weighted by molar-refractivity contribution is -0.0106. The highest BCUT2D eigenvalue weighted by Gasteiger charge is 2.40. The highest BCUT2D eigenvalue weighted by atomic mass is 35.5. The number of amides is 1. The van der Waals surface area contributed by atoms with Crippen LogP contribution in [0.4, 0.5) is 0 Å². The molecule has 1 fully saturated rings. The second-order valence-electron chi connectivity index (χ2n) is 6.66. The molecule has 1 saturated heterocycles. The minimum absolute atomic E-state index is 0.0201. The molecule has 0 aliphatic carbocycles. The zero-order chi connectivity index (χ0) is 16.6. The van der Waals surface area contributed by atoms with Crippen molar-refractivity contribution in [3.05, 3.63) is 64.7 Å². The Hall–Kier alpha value is -2.00. The van der Waals surface area contributed by atoms with E-state index in [0.717, 1.165) is 31.4 Å². The predicted octanol–water partition coefficient (Wildman–Crippen LogP) is 4.34. The lowest BCUT2D eigenvalue weighted by Gasteiger charge is -2.44. The minimum atomic E-state index is -0.119. The predicted molar refractivity (Wildman–Crippen MR) is 94.7 cm³/mol. The lowest BCUT2D eigenvalue weighted by Crippen LogP contribution is -2.51. The van der Waals surface area contributed by atoms with Gasteiger partial charge in [0.15, 0.2) is 0 Å². The molecule has 124 valence electrons. The number of nitrogens with zero attached hydrogens (tertiary/aromatic N) is 1. The van der Waals surface area contributed by atoms with Gasteiger partial charge in [0.25, 0.3) is 5.91 Å². The lowest BCUT2D eigenvalue weighted by atomic mass is 9.83. The number of ether oxygens (including phenoxy) is 1. The van der Waals surface area contributed by atoms with Crippen LogP contribution in [0.1, 0.15) is 35.2 Å². The molecule has 3 nitrogen and oxygen atoms in total. The maximum atomic E-state index is 12.7. The first-order valence-corrected chi connectivity index (χ1v) is 8.85. The number of benzene rings is 2. The number of aryl methyl sites for hydroxylation is 1. The van der Waals surface area contributed by atoms with Gasteiger partial charge in [0.1, 0.15) is 11.4 Å². The molecule has 0 aromatic heterocycles. The normalized spacial score (nSPS) is 18.8. The van der Waals surface area contributed by atoms with E-state index in [1.807, 2.05) is 23.1 Å². The Kier molecular flexibility index (Phi) is 3.97. The van der Waals surface area contributed by atoms with E-state index in [-0.39, 0.29) is 11.5 Å². The average Bonchev–Trinajstić information content (AvgIpc) is 2.62. The number of fused-ring (bicyclic) bond motifs is 1. The van der Waals surface area contributed by atoms with Crippen molar-refractivity contribution in [2.75, 3.05) is 13.1 Å². The maximum absolute atomic E-state index is 12.7. The van der Waals surface area contributed by atoms with Crippen molar-refractivity contribution in [3.8, 4) is 5.75 Å². The second kappa shape index (κ2) is 6.14. The van der Waals surface area contributed by atoms with Gasteiger partial charge in [-0.15, -0.1) is 0 Å². The third kappa shape index (κ3) is 2.78. The van der Waals surface area contributed by atoms with Crippen LogP contribution in [0.25, 0.3) is 0 Å². The Morgan fingerprint density at radius 2 is 1.71 bits per heavy atom. The molecule has 2 aliphatic rings. The van der Waals surface area contributed by atoms with Crippen molar-refractivity contribution in [2.45, 2.75) is 31.3 Å². The molecule has 0 bridgehead atoms. The fraction of sp³-hybridized carbons (Fsp3) is 0.350. The number of para-hydroxylation sites is 1. The van der Waals surface area contributed by atoms with Gasteiger partial charge in [-0.2, -0.15) is 0 Å². The van der Waals surface area contributed by atoms with Gasteiger partial charge in [-0.1, -0.05) is 41.9 Å². The van der Waals surface area contributed by atoms with Gasteiger partial charge in [0.2, 0.25) is 0 Å². The number of hydrogen-bond donors (Lipinski definition) is 0. The summed E-state index contributed by atoms with van der Waals surface area (Å²) in [6, 6.07) is 15.5. The Morgan fingerprint density at radius 1 is 1.00 bits per heavy atom. The Labute approximate surface area is 147 Å². The van der Waals surface area contributed by atoms with Gasteiger partial charge in [-0.3, -0.25) is 4.79 Å². The zero-order valence-electron chi connectivity index (χ0n) is 13.5. The zero-order valence-corrected chi connectivity index (χ0v) is 14.3. The molecule has 2 heterocycles. The van der Waals surface area contributed by atoms with Gasteiger partial charge >= 0.3 is 0 Å². The molecule has 0 N–H and O–H groups in total. The molecule has 24 heavy (non-hydrogen) atoms.